The van der Waals surface area contributed by atoms with E-state index in [4.69, 9.17) is 4.74 Å². The number of nitrogens with zero attached hydrogens (tertiary/aromatic N) is 2. The van der Waals surface area contributed by atoms with Crippen molar-refractivity contribution in [2.45, 2.75) is 18.8 Å². The number of hydrogen-bond donors (Lipinski definition) is 0. The summed E-state index contributed by atoms with van der Waals surface area (Å²) in [6, 6.07) is 6.37. The highest BCUT2D eigenvalue weighted by molar-refractivity contribution is 5.85. The smallest absolute Gasteiger partial charge is 0.312 e. The van der Waals surface area contributed by atoms with Gasteiger partial charge in [-0.25, -0.2) is 0 Å². The largest absolute Gasteiger partial charge is 0.465 e. The molecule has 2 atom stereocenters. The van der Waals surface area contributed by atoms with Crippen LogP contribution in [0.2, 0.25) is 0 Å². The summed E-state index contributed by atoms with van der Waals surface area (Å²) in [5.74, 6) is 0.337. The quantitative estimate of drug-likeness (QED) is 0.718. The summed E-state index contributed by atoms with van der Waals surface area (Å²) in [6.45, 7) is 0.587. The molecule has 1 saturated heterocycles. The first-order chi connectivity index (χ1) is 8.71. The molecular weight excluding hydrogens is 228 g/mol. The maximum absolute atomic E-state index is 11.8. The molecule has 2 aliphatic rings. The van der Waals surface area contributed by atoms with E-state index in [0.29, 0.717) is 12.5 Å². The Hall–Kier alpha value is -1.84. The molecule has 0 amide bonds. The molecule has 1 spiro atoms. The molecule has 4 rings (SSSR count). The predicted molar refractivity (Wildman–Crippen MR) is 66.1 cm³/mol. The van der Waals surface area contributed by atoms with Gasteiger partial charge in [0.05, 0.1) is 23.7 Å². The van der Waals surface area contributed by atoms with Crippen LogP contribution < -0.4 is 0 Å². The van der Waals surface area contributed by atoms with E-state index in [0.717, 1.165) is 23.7 Å². The van der Waals surface area contributed by atoms with Crippen LogP contribution in [0.4, 0.5) is 0 Å². The molecule has 2 fully saturated rings. The van der Waals surface area contributed by atoms with E-state index in [2.05, 4.69) is 23.3 Å². The first-order valence-corrected chi connectivity index (χ1v) is 6.30. The third-order valence-electron chi connectivity index (χ3n) is 4.44. The summed E-state index contributed by atoms with van der Waals surface area (Å²) in [7, 11) is 1.94. The van der Waals surface area contributed by atoms with Crippen LogP contribution in [-0.4, -0.2) is 22.4 Å². The molecule has 1 aromatic heterocycles. The van der Waals surface area contributed by atoms with E-state index in [9.17, 15) is 4.79 Å². The van der Waals surface area contributed by atoms with Crippen LogP contribution in [0.25, 0.3) is 10.9 Å². The highest BCUT2D eigenvalue weighted by atomic mass is 16.5. The van der Waals surface area contributed by atoms with Gasteiger partial charge in [-0.1, -0.05) is 12.1 Å². The lowest BCUT2D eigenvalue weighted by atomic mass is 9.97. The summed E-state index contributed by atoms with van der Waals surface area (Å²) in [4.78, 5) is 11.8. The Kier molecular flexibility index (Phi) is 1.76. The molecule has 1 aromatic carbocycles. The predicted octanol–water partition coefficient (Wildman–Crippen LogP) is 1.99. The second-order valence-electron chi connectivity index (χ2n) is 5.39. The minimum absolute atomic E-state index is 0.00222. The van der Waals surface area contributed by atoms with Gasteiger partial charge in [0.1, 0.15) is 0 Å². The highest BCUT2D eigenvalue weighted by Crippen LogP contribution is 2.64. The maximum atomic E-state index is 11.8. The minimum Gasteiger partial charge on any atom is -0.465 e. The Morgan fingerprint density at radius 1 is 1.50 bits per heavy atom. The number of aromatic nitrogens is 2. The number of benzene rings is 1. The van der Waals surface area contributed by atoms with Crippen molar-refractivity contribution in [3.05, 3.63) is 30.0 Å². The van der Waals surface area contributed by atoms with E-state index in [1.165, 1.54) is 5.56 Å². The Bertz CT molecular complexity index is 661. The highest BCUT2D eigenvalue weighted by Gasteiger charge is 2.63. The summed E-state index contributed by atoms with van der Waals surface area (Å²) in [5, 5.41) is 5.39. The molecule has 1 aliphatic carbocycles. The summed E-state index contributed by atoms with van der Waals surface area (Å²) in [5.41, 5.74) is 2.16. The maximum Gasteiger partial charge on any atom is 0.312 e. The third-order valence-corrected chi connectivity index (χ3v) is 4.44. The number of fused-ring (bicyclic) bond motifs is 1. The zero-order valence-electron chi connectivity index (χ0n) is 10.2. The van der Waals surface area contributed by atoms with Crippen molar-refractivity contribution < 1.29 is 9.53 Å². The zero-order chi connectivity index (χ0) is 12.3. The summed E-state index contributed by atoms with van der Waals surface area (Å²) >= 11 is 0. The fourth-order valence-electron chi connectivity index (χ4n) is 3.19. The number of esters is 1. The monoisotopic (exact) mass is 242 g/mol. The molecule has 92 valence electrons. The minimum atomic E-state index is -0.202. The van der Waals surface area contributed by atoms with E-state index in [1.807, 2.05) is 17.9 Å². The summed E-state index contributed by atoms with van der Waals surface area (Å²) < 4.78 is 7.00. The van der Waals surface area contributed by atoms with Crippen LogP contribution >= 0.6 is 0 Å². The van der Waals surface area contributed by atoms with Crippen molar-refractivity contribution in [2.24, 2.45) is 12.5 Å². The van der Waals surface area contributed by atoms with Gasteiger partial charge in [0, 0.05) is 18.4 Å². The van der Waals surface area contributed by atoms with Gasteiger partial charge in [-0.05, 0) is 24.5 Å². The molecule has 4 heteroatoms. The van der Waals surface area contributed by atoms with Crippen molar-refractivity contribution in [3.63, 3.8) is 0 Å². The van der Waals surface area contributed by atoms with Gasteiger partial charge in [-0.3, -0.25) is 9.48 Å². The Labute approximate surface area is 105 Å². The van der Waals surface area contributed by atoms with Crippen LogP contribution in [-0.2, 0) is 16.6 Å². The Balaban J connectivity index is 1.76. The van der Waals surface area contributed by atoms with Crippen LogP contribution in [0.5, 0.6) is 0 Å². The van der Waals surface area contributed by atoms with E-state index >= 15 is 0 Å². The Morgan fingerprint density at radius 3 is 3.17 bits per heavy atom. The van der Waals surface area contributed by atoms with E-state index < -0.39 is 0 Å². The molecule has 2 aromatic rings. The van der Waals surface area contributed by atoms with Gasteiger partial charge in [0.15, 0.2) is 0 Å². The van der Waals surface area contributed by atoms with Crippen molar-refractivity contribution in [3.8, 4) is 0 Å². The number of ether oxygens (including phenoxy) is 1. The topological polar surface area (TPSA) is 44.1 Å². The number of carbonyl (C=O) groups excluding carboxylic acids is 1. The third kappa shape index (κ3) is 1.15. The van der Waals surface area contributed by atoms with Crippen LogP contribution in [0, 0.1) is 5.41 Å². The van der Waals surface area contributed by atoms with Crippen LogP contribution in [0.3, 0.4) is 0 Å². The van der Waals surface area contributed by atoms with Gasteiger partial charge >= 0.3 is 5.97 Å². The number of aryl methyl sites for hydroxylation is 1. The Morgan fingerprint density at radius 2 is 2.39 bits per heavy atom. The van der Waals surface area contributed by atoms with Gasteiger partial charge in [-0.2, -0.15) is 5.10 Å². The lowest BCUT2D eigenvalue weighted by Gasteiger charge is -2.05. The molecule has 0 radical (unpaired) electrons. The van der Waals surface area contributed by atoms with Gasteiger partial charge in [0.2, 0.25) is 0 Å². The fraction of sp³-hybridized carbons (Fsp3) is 0.429. The number of cyclic esters (lactones) is 1. The molecule has 18 heavy (non-hydrogen) atoms. The van der Waals surface area contributed by atoms with Crippen molar-refractivity contribution in [1.29, 1.82) is 0 Å². The van der Waals surface area contributed by atoms with Gasteiger partial charge in [-0.15, -0.1) is 0 Å². The molecule has 1 saturated carbocycles. The van der Waals surface area contributed by atoms with Crippen molar-refractivity contribution in [1.82, 2.24) is 9.78 Å². The molecule has 1 aliphatic heterocycles. The number of hydrogen-bond acceptors (Lipinski definition) is 3. The SMILES string of the molecule is Cn1ncc2ccc(C3CC34CCOC4=O)cc21. The second-order valence-corrected chi connectivity index (χ2v) is 5.39. The van der Waals surface area contributed by atoms with Crippen LogP contribution in [0.15, 0.2) is 24.4 Å². The first-order valence-electron chi connectivity index (χ1n) is 6.30. The van der Waals surface area contributed by atoms with Crippen LogP contribution in [0.1, 0.15) is 24.3 Å². The second kappa shape index (κ2) is 3.13. The molecule has 4 nitrogen and oxygen atoms in total. The van der Waals surface area contributed by atoms with Crippen molar-refractivity contribution in [2.75, 3.05) is 6.61 Å². The van der Waals surface area contributed by atoms with Crippen molar-refractivity contribution >= 4 is 16.9 Å². The van der Waals surface area contributed by atoms with E-state index in [1.54, 1.807) is 0 Å². The molecule has 0 bridgehead atoms. The fourth-order valence-corrected chi connectivity index (χ4v) is 3.19. The van der Waals surface area contributed by atoms with E-state index in [-0.39, 0.29) is 11.4 Å². The average Bonchev–Trinajstić information content (AvgIpc) is 2.84. The first kappa shape index (κ1) is 10.1. The number of carbonyl (C=O) groups is 1. The van der Waals surface area contributed by atoms with Gasteiger partial charge < -0.3 is 4.74 Å². The number of rotatable bonds is 1. The molecular formula is C14H14N2O2. The standard InChI is InChI=1S/C14H14N2O2/c1-16-12-6-9(2-3-10(12)8-15-16)11-7-14(11)4-5-18-13(14)17/h2-3,6,8,11H,4-5,7H2,1H3. The molecule has 0 N–H and O–H groups in total. The molecule has 2 unspecified atom stereocenters. The molecule has 2 heterocycles. The average molecular weight is 242 g/mol. The lowest BCUT2D eigenvalue weighted by molar-refractivity contribution is -0.142. The normalized spacial score (nSPS) is 30.1. The zero-order valence-corrected chi connectivity index (χ0v) is 10.2. The lowest BCUT2D eigenvalue weighted by Crippen LogP contribution is -2.10. The van der Waals surface area contributed by atoms with Gasteiger partial charge in [0.25, 0.3) is 0 Å². The summed E-state index contributed by atoms with van der Waals surface area (Å²) in [6.07, 6.45) is 3.68.